The highest BCUT2D eigenvalue weighted by Crippen LogP contribution is 2.25. The Morgan fingerprint density at radius 2 is 1.79 bits per heavy atom. The van der Waals surface area contributed by atoms with E-state index in [1.165, 1.54) is 41.8 Å². The van der Waals surface area contributed by atoms with Crippen molar-refractivity contribution < 1.29 is 13.9 Å². The molecule has 1 aliphatic carbocycles. The Labute approximate surface area is 141 Å². The lowest BCUT2D eigenvalue weighted by molar-refractivity contribution is -0.127. The van der Waals surface area contributed by atoms with Crippen LogP contribution in [-0.4, -0.2) is 12.0 Å². The number of hydrogen-bond acceptors (Lipinski definition) is 2. The van der Waals surface area contributed by atoms with Gasteiger partial charge in [0.25, 0.3) is 5.91 Å². The molecule has 1 N–H and O–H groups in total. The van der Waals surface area contributed by atoms with Crippen LogP contribution in [-0.2, 0) is 17.6 Å². The second-order valence-electron chi connectivity index (χ2n) is 6.33. The summed E-state index contributed by atoms with van der Waals surface area (Å²) < 4.78 is 18.5. The molecule has 3 nitrogen and oxygen atoms in total. The van der Waals surface area contributed by atoms with Crippen LogP contribution in [0.25, 0.3) is 0 Å². The average Bonchev–Trinajstić information content (AvgIpc) is 3.04. The van der Waals surface area contributed by atoms with E-state index < -0.39 is 6.10 Å². The normalized spacial score (nSPS) is 15.5. The van der Waals surface area contributed by atoms with Crippen LogP contribution in [0.1, 0.15) is 43.0 Å². The molecule has 24 heavy (non-hydrogen) atoms. The van der Waals surface area contributed by atoms with E-state index in [1.54, 1.807) is 6.92 Å². The van der Waals surface area contributed by atoms with Gasteiger partial charge in [-0.2, -0.15) is 0 Å². The first-order valence-electron chi connectivity index (χ1n) is 8.37. The monoisotopic (exact) mass is 327 g/mol. The smallest absolute Gasteiger partial charge is 0.261 e. The van der Waals surface area contributed by atoms with Gasteiger partial charge in [0, 0.05) is 0 Å². The minimum atomic E-state index is -0.646. The Morgan fingerprint density at radius 1 is 1.08 bits per heavy atom. The molecule has 0 radical (unpaired) electrons. The number of aryl methyl sites for hydroxylation is 2. The van der Waals surface area contributed by atoms with E-state index in [0.717, 1.165) is 18.4 Å². The molecule has 2 aromatic carbocycles. The lowest BCUT2D eigenvalue weighted by atomic mass is 10.0. The van der Waals surface area contributed by atoms with Gasteiger partial charge in [0.2, 0.25) is 0 Å². The third kappa shape index (κ3) is 3.75. The Kier molecular flexibility index (Phi) is 4.84. The molecule has 0 saturated heterocycles. The molecule has 0 bridgehead atoms. The van der Waals surface area contributed by atoms with Crippen molar-refractivity contribution in [3.05, 3.63) is 65.0 Å². The molecule has 3 rings (SSSR count). The lowest BCUT2D eigenvalue weighted by Crippen LogP contribution is -2.37. The number of hydrogen-bond donors (Lipinski definition) is 1. The van der Waals surface area contributed by atoms with Crippen molar-refractivity contribution in [1.29, 1.82) is 0 Å². The van der Waals surface area contributed by atoms with Crippen LogP contribution in [0, 0.1) is 5.82 Å². The van der Waals surface area contributed by atoms with Crippen LogP contribution < -0.4 is 10.1 Å². The summed E-state index contributed by atoms with van der Waals surface area (Å²) in [6, 6.07) is 12.0. The summed E-state index contributed by atoms with van der Waals surface area (Å²) in [7, 11) is 0. The van der Waals surface area contributed by atoms with E-state index in [9.17, 15) is 9.18 Å². The van der Waals surface area contributed by atoms with E-state index in [4.69, 9.17) is 4.74 Å². The van der Waals surface area contributed by atoms with Crippen molar-refractivity contribution in [1.82, 2.24) is 5.32 Å². The van der Waals surface area contributed by atoms with E-state index in [2.05, 4.69) is 23.5 Å². The predicted molar refractivity (Wildman–Crippen MR) is 91.5 cm³/mol. The van der Waals surface area contributed by atoms with Crippen molar-refractivity contribution in [3.8, 4) is 5.75 Å². The van der Waals surface area contributed by atoms with Gasteiger partial charge in [-0.25, -0.2) is 4.39 Å². The fourth-order valence-corrected chi connectivity index (χ4v) is 3.05. The Hall–Kier alpha value is -2.36. The zero-order valence-corrected chi connectivity index (χ0v) is 14.0. The van der Waals surface area contributed by atoms with E-state index in [1.807, 2.05) is 6.92 Å². The zero-order valence-electron chi connectivity index (χ0n) is 14.0. The van der Waals surface area contributed by atoms with E-state index in [-0.39, 0.29) is 17.8 Å². The van der Waals surface area contributed by atoms with Crippen LogP contribution in [0.5, 0.6) is 5.75 Å². The minimum absolute atomic E-state index is 0.0809. The Balaban J connectivity index is 1.60. The summed E-state index contributed by atoms with van der Waals surface area (Å²) in [6.45, 7) is 3.66. The quantitative estimate of drug-likeness (QED) is 0.903. The molecule has 1 aliphatic rings. The molecule has 0 fully saturated rings. The van der Waals surface area contributed by atoms with Gasteiger partial charge in [-0.1, -0.05) is 18.2 Å². The number of ether oxygens (including phenoxy) is 1. The number of carbonyl (C=O) groups excluding carboxylic acids is 1. The molecular weight excluding hydrogens is 305 g/mol. The van der Waals surface area contributed by atoms with Crippen molar-refractivity contribution in [2.24, 2.45) is 0 Å². The fourth-order valence-electron chi connectivity index (χ4n) is 3.05. The Morgan fingerprint density at radius 3 is 2.54 bits per heavy atom. The fraction of sp³-hybridized carbons (Fsp3) is 0.350. The molecule has 0 spiro atoms. The number of carbonyl (C=O) groups is 1. The van der Waals surface area contributed by atoms with Crippen LogP contribution in [0.4, 0.5) is 4.39 Å². The summed E-state index contributed by atoms with van der Waals surface area (Å²) in [5.74, 6) is -0.0405. The molecule has 1 amide bonds. The molecule has 126 valence electrons. The van der Waals surface area contributed by atoms with Crippen LogP contribution in [0.15, 0.2) is 42.5 Å². The maximum absolute atomic E-state index is 12.9. The maximum Gasteiger partial charge on any atom is 0.261 e. The summed E-state index contributed by atoms with van der Waals surface area (Å²) in [4.78, 5) is 12.3. The highest BCUT2D eigenvalue weighted by atomic mass is 19.1. The third-order valence-corrected chi connectivity index (χ3v) is 4.48. The lowest BCUT2D eigenvalue weighted by Gasteiger charge is -2.19. The molecule has 2 atom stereocenters. The van der Waals surface area contributed by atoms with Gasteiger partial charge in [0.1, 0.15) is 11.6 Å². The van der Waals surface area contributed by atoms with Gasteiger partial charge < -0.3 is 10.1 Å². The van der Waals surface area contributed by atoms with Crippen LogP contribution in [0.2, 0.25) is 0 Å². The highest BCUT2D eigenvalue weighted by Gasteiger charge is 2.19. The number of benzene rings is 2. The second kappa shape index (κ2) is 7.04. The number of fused-ring (bicyclic) bond motifs is 1. The van der Waals surface area contributed by atoms with Crippen molar-refractivity contribution >= 4 is 5.91 Å². The number of rotatable bonds is 5. The first-order chi connectivity index (χ1) is 11.5. The van der Waals surface area contributed by atoms with Crippen LogP contribution >= 0.6 is 0 Å². The van der Waals surface area contributed by atoms with Crippen molar-refractivity contribution in [3.63, 3.8) is 0 Å². The number of amides is 1. The topological polar surface area (TPSA) is 38.3 Å². The van der Waals surface area contributed by atoms with Gasteiger partial charge in [0.05, 0.1) is 6.04 Å². The number of nitrogens with one attached hydrogen (secondary N) is 1. The van der Waals surface area contributed by atoms with Gasteiger partial charge in [-0.15, -0.1) is 0 Å². The van der Waals surface area contributed by atoms with Crippen molar-refractivity contribution in [2.45, 2.75) is 45.3 Å². The third-order valence-electron chi connectivity index (χ3n) is 4.48. The molecule has 2 aromatic rings. The molecule has 0 unspecified atom stereocenters. The van der Waals surface area contributed by atoms with Gasteiger partial charge in [0.15, 0.2) is 6.10 Å². The van der Waals surface area contributed by atoms with Gasteiger partial charge >= 0.3 is 0 Å². The molecule has 4 heteroatoms. The predicted octanol–water partition coefficient (Wildman–Crippen LogP) is 3.96. The van der Waals surface area contributed by atoms with E-state index >= 15 is 0 Å². The molecule has 0 aliphatic heterocycles. The summed E-state index contributed by atoms with van der Waals surface area (Å²) >= 11 is 0. The molecule has 0 heterocycles. The zero-order chi connectivity index (χ0) is 17.1. The largest absolute Gasteiger partial charge is 0.481 e. The van der Waals surface area contributed by atoms with E-state index in [0.29, 0.717) is 5.75 Å². The minimum Gasteiger partial charge on any atom is -0.481 e. The summed E-state index contributed by atoms with van der Waals surface area (Å²) in [5.41, 5.74) is 3.92. The van der Waals surface area contributed by atoms with Gasteiger partial charge in [-0.3, -0.25) is 4.79 Å². The van der Waals surface area contributed by atoms with Crippen LogP contribution in [0.3, 0.4) is 0 Å². The van der Waals surface area contributed by atoms with Gasteiger partial charge in [-0.05, 0) is 74.1 Å². The first kappa shape index (κ1) is 16.5. The highest BCUT2D eigenvalue weighted by molar-refractivity contribution is 5.81. The maximum atomic E-state index is 12.9. The SMILES string of the molecule is C[C@@H](Oc1ccc(F)cc1)C(=O)N[C@H](C)c1ccc2c(c1)CCC2. The number of halogens is 1. The standard InChI is InChI=1S/C20H22FNO2/c1-13(16-7-6-15-4-3-5-17(15)12-16)22-20(23)14(2)24-19-10-8-18(21)9-11-19/h6-14H,3-5H2,1-2H3,(H,22,23)/t13-,14-/m1/s1. The molecule has 0 saturated carbocycles. The Bertz CT molecular complexity index is 727. The summed E-state index contributed by atoms with van der Waals surface area (Å²) in [6.07, 6.45) is 2.84. The first-order valence-corrected chi connectivity index (χ1v) is 8.37. The summed E-state index contributed by atoms with van der Waals surface area (Å²) in [5, 5.41) is 2.98. The molecular formula is C20H22FNO2. The van der Waals surface area contributed by atoms with Crippen molar-refractivity contribution in [2.75, 3.05) is 0 Å². The molecule has 0 aromatic heterocycles. The average molecular weight is 327 g/mol. The second-order valence-corrected chi connectivity index (χ2v) is 6.33.